The van der Waals surface area contributed by atoms with Crippen LogP contribution in [-0.4, -0.2) is 50.9 Å². The Morgan fingerprint density at radius 3 is 2.16 bits per heavy atom. The third-order valence-corrected chi connectivity index (χ3v) is 8.96. The summed E-state index contributed by atoms with van der Waals surface area (Å²) in [5.41, 5.74) is 2.71. The summed E-state index contributed by atoms with van der Waals surface area (Å²) in [7, 11) is -4.31. The second-order valence-corrected chi connectivity index (χ2v) is 12.4. The van der Waals surface area contributed by atoms with Crippen molar-refractivity contribution in [1.29, 1.82) is 0 Å². The molecular formula is C35H38FN3O5S. The predicted octanol–water partition coefficient (Wildman–Crippen LogP) is 5.50. The first kappa shape index (κ1) is 33.2. The molecule has 0 saturated carbocycles. The lowest BCUT2D eigenvalue weighted by Crippen LogP contribution is -2.53. The third-order valence-electron chi connectivity index (χ3n) is 7.17. The second-order valence-electron chi connectivity index (χ2n) is 10.5. The average molecular weight is 632 g/mol. The Bertz CT molecular complexity index is 1680. The van der Waals surface area contributed by atoms with Gasteiger partial charge in [0.25, 0.3) is 10.0 Å². The quantitative estimate of drug-likeness (QED) is 0.198. The smallest absolute Gasteiger partial charge is 0.264 e. The minimum atomic E-state index is -4.31. The van der Waals surface area contributed by atoms with Gasteiger partial charge >= 0.3 is 0 Å². The molecule has 8 nitrogen and oxygen atoms in total. The lowest BCUT2D eigenvalue weighted by molar-refractivity contribution is -0.140. The molecule has 0 aliphatic rings. The van der Waals surface area contributed by atoms with Crippen LogP contribution in [0.1, 0.15) is 30.5 Å². The topological polar surface area (TPSA) is 96.0 Å². The van der Waals surface area contributed by atoms with E-state index in [0.717, 1.165) is 33.1 Å². The highest BCUT2D eigenvalue weighted by Crippen LogP contribution is 2.27. The van der Waals surface area contributed by atoms with Gasteiger partial charge in [0.15, 0.2) is 0 Å². The van der Waals surface area contributed by atoms with Gasteiger partial charge < -0.3 is 15.0 Å². The van der Waals surface area contributed by atoms with Crippen molar-refractivity contribution in [3.8, 4) is 5.75 Å². The number of benzene rings is 4. The van der Waals surface area contributed by atoms with E-state index in [1.807, 2.05) is 68.4 Å². The zero-order valence-electron chi connectivity index (χ0n) is 25.6. The number of hydrogen-bond acceptors (Lipinski definition) is 5. The molecule has 4 aromatic carbocycles. The van der Waals surface area contributed by atoms with Gasteiger partial charge in [-0.2, -0.15) is 0 Å². The van der Waals surface area contributed by atoms with Crippen LogP contribution in [0.4, 0.5) is 10.1 Å². The number of sulfonamides is 1. The number of likely N-dealkylation sites (N-methyl/N-ethyl adjacent to an activating group) is 1. The summed E-state index contributed by atoms with van der Waals surface area (Å²) >= 11 is 0. The standard InChI is InChI=1S/C35H38FN3O5S/c1-4-37-35(41)33(23-27-11-7-6-8-12-27)38(24-28-13-9-10-26(3)22-28)34(40)25-39(30-16-14-29(36)15-17-30)45(42,43)32-20-18-31(19-21-32)44-5-2/h6-22,33H,4-5,23-25H2,1-3H3,(H,37,41)/t33-/m0/s1. The summed E-state index contributed by atoms with van der Waals surface area (Å²) in [6.45, 7) is 5.75. The molecule has 1 N–H and O–H groups in total. The molecule has 0 spiro atoms. The van der Waals surface area contributed by atoms with Crippen LogP contribution in [0, 0.1) is 12.7 Å². The highest BCUT2D eigenvalue weighted by Gasteiger charge is 2.34. The van der Waals surface area contributed by atoms with Gasteiger partial charge in [0, 0.05) is 19.5 Å². The molecule has 4 aromatic rings. The fraction of sp³-hybridized carbons (Fsp3) is 0.257. The molecule has 0 bridgehead atoms. The number of nitrogens with one attached hydrogen (secondary N) is 1. The Kier molecular flexibility index (Phi) is 11.3. The van der Waals surface area contributed by atoms with Crippen molar-refractivity contribution < 1.29 is 27.1 Å². The highest BCUT2D eigenvalue weighted by molar-refractivity contribution is 7.92. The van der Waals surface area contributed by atoms with Crippen molar-refractivity contribution in [3.05, 3.63) is 126 Å². The Morgan fingerprint density at radius 1 is 0.867 bits per heavy atom. The summed E-state index contributed by atoms with van der Waals surface area (Å²) < 4.78 is 48.5. The molecule has 0 saturated heterocycles. The van der Waals surface area contributed by atoms with Gasteiger partial charge in [-0.05, 0) is 80.4 Å². The molecule has 0 radical (unpaired) electrons. The number of carbonyl (C=O) groups is 2. The van der Waals surface area contributed by atoms with Gasteiger partial charge in [0.05, 0.1) is 17.2 Å². The average Bonchev–Trinajstić information content (AvgIpc) is 3.03. The molecule has 236 valence electrons. The van der Waals surface area contributed by atoms with Gasteiger partial charge in [-0.1, -0.05) is 60.2 Å². The van der Waals surface area contributed by atoms with Crippen LogP contribution in [-0.2, 0) is 32.6 Å². The molecule has 45 heavy (non-hydrogen) atoms. The van der Waals surface area contributed by atoms with Crippen LogP contribution < -0.4 is 14.4 Å². The second kappa shape index (κ2) is 15.3. The number of anilines is 1. The Labute approximate surface area is 264 Å². The van der Waals surface area contributed by atoms with Crippen molar-refractivity contribution in [2.45, 2.75) is 44.7 Å². The highest BCUT2D eigenvalue weighted by atomic mass is 32.2. The van der Waals surface area contributed by atoms with Gasteiger partial charge in [-0.3, -0.25) is 13.9 Å². The number of halogens is 1. The van der Waals surface area contributed by atoms with E-state index in [9.17, 15) is 22.4 Å². The van der Waals surface area contributed by atoms with Crippen LogP contribution in [0.25, 0.3) is 0 Å². The van der Waals surface area contributed by atoms with Gasteiger partial charge in [-0.25, -0.2) is 12.8 Å². The SMILES string of the molecule is CCNC(=O)[C@H](Cc1ccccc1)N(Cc1cccc(C)c1)C(=O)CN(c1ccc(F)cc1)S(=O)(=O)c1ccc(OCC)cc1. The zero-order valence-corrected chi connectivity index (χ0v) is 26.5. The van der Waals surface area contributed by atoms with E-state index in [1.54, 1.807) is 6.92 Å². The largest absolute Gasteiger partial charge is 0.494 e. The summed E-state index contributed by atoms with van der Waals surface area (Å²) in [6, 6.07) is 26.8. The van der Waals surface area contributed by atoms with E-state index in [4.69, 9.17) is 4.74 Å². The van der Waals surface area contributed by atoms with Crippen LogP contribution in [0.2, 0.25) is 0 Å². The van der Waals surface area contributed by atoms with Crippen molar-refractivity contribution in [1.82, 2.24) is 10.2 Å². The first-order valence-electron chi connectivity index (χ1n) is 14.8. The number of hydrogen-bond donors (Lipinski definition) is 1. The maximum Gasteiger partial charge on any atom is 0.264 e. The van der Waals surface area contributed by atoms with Crippen LogP contribution in [0.3, 0.4) is 0 Å². The van der Waals surface area contributed by atoms with Crippen LogP contribution in [0.5, 0.6) is 5.75 Å². The molecule has 0 unspecified atom stereocenters. The lowest BCUT2D eigenvalue weighted by Gasteiger charge is -2.34. The normalized spacial score (nSPS) is 11.8. The molecule has 0 fully saturated rings. The minimum Gasteiger partial charge on any atom is -0.494 e. The summed E-state index contributed by atoms with van der Waals surface area (Å²) in [5.74, 6) is -1.01. The maximum atomic E-state index is 14.4. The van der Waals surface area contributed by atoms with E-state index in [2.05, 4.69) is 5.32 Å². The molecular weight excluding hydrogens is 593 g/mol. The zero-order chi connectivity index (χ0) is 32.4. The predicted molar refractivity (Wildman–Crippen MR) is 173 cm³/mol. The summed E-state index contributed by atoms with van der Waals surface area (Å²) in [5, 5.41) is 2.84. The Morgan fingerprint density at radius 2 is 1.53 bits per heavy atom. The van der Waals surface area contributed by atoms with E-state index in [-0.39, 0.29) is 29.5 Å². The first-order valence-corrected chi connectivity index (χ1v) is 16.2. The van der Waals surface area contributed by atoms with E-state index >= 15 is 0 Å². The van der Waals surface area contributed by atoms with E-state index in [0.29, 0.717) is 18.9 Å². The lowest BCUT2D eigenvalue weighted by atomic mass is 10.0. The number of amides is 2. The van der Waals surface area contributed by atoms with Crippen molar-refractivity contribution in [3.63, 3.8) is 0 Å². The maximum absolute atomic E-state index is 14.4. The van der Waals surface area contributed by atoms with Crippen molar-refractivity contribution in [2.24, 2.45) is 0 Å². The molecule has 0 aliphatic heterocycles. The fourth-order valence-electron chi connectivity index (χ4n) is 4.99. The first-order chi connectivity index (χ1) is 21.6. The van der Waals surface area contributed by atoms with Gasteiger partial charge in [0.2, 0.25) is 11.8 Å². The van der Waals surface area contributed by atoms with Gasteiger partial charge in [-0.15, -0.1) is 0 Å². The monoisotopic (exact) mass is 631 g/mol. The van der Waals surface area contributed by atoms with Crippen molar-refractivity contribution in [2.75, 3.05) is 24.0 Å². The van der Waals surface area contributed by atoms with Crippen LogP contribution in [0.15, 0.2) is 108 Å². The molecule has 2 amide bonds. The molecule has 10 heteroatoms. The third kappa shape index (κ3) is 8.69. The molecule has 0 aliphatic carbocycles. The van der Waals surface area contributed by atoms with Crippen LogP contribution >= 0.6 is 0 Å². The van der Waals surface area contributed by atoms with E-state index < -0.39 is 34.3 Å². The number of aryl methyl sites for hydroxylation is 1. The number of nitrogens with zero attached hydrogens (tertiary/aromatic N) is 2. The van der Waals surface area contributed by atoms with Crippen molar-refractivity contribution >= 4 is 27.5 Å². The molecule has 0 heterocycles. The number of ether oxygens (including phenoxy) is 1. The number of rotatable bonds is 14. The van der Waals surface area contributed by atoms with E-state index in [1.165, 1.54) is 41.3 Å². The summed E-state index contributed by atoms with van der Waals surface area (Å²) in [4.78, 5) is 29.3. The fourth-order valence-corrected chi connectivity index (χ4v) is 6.41. The number of carbonyl (C=O) groups excluding carboxylic acids is 2. The molecule has 4 rings (SSSR count). The Balaban J connectivity index is 1.78. The summed E-state index contributed by atoms with van der Waals surface area (Å²) in [6.07, 6.45) is 0.215. The minimum absolute atomic E-state index is 0.0650. The Hall–Kier alpha value is -4.70. The molecule has 0 aromatic heterocycles. The molecule has 1 atom stereocenters. The van der Waals surface area contributed by atoms with Gasteiger partial charge in [0.1, 0.15) is 24.2 Å².